The molecule has 1 unspecified atom stereocenters. The van der Waals surface area contributed by atoms with Gasteiger partial charge in [0.15, 0.2) is 0 Å². The largest absolute Gasteiger partial charge is 0.480 e. The maximum atomic E-state index is 10.5. The topological polar surface area (TPSA) is 87.0 Å². The zero-order valence-electron chi connectivity index (χ0n) is 16.1. The van der Waals surface area contributed by atoms with Crippen LogP contribution in [0.3, 0.4) is 0 Å². The summed E-state index contributed by atoms with van der Waals surface area (Å²) >= 11 is 0. The average molecular weight is 374 g/mol. The molecule has 0 amide bonds. The molecule has 2 fully saturated rings. The van der Waals surface area contributed by atoms with Crippen LogP contribution in [-0.4, -0.2) is 46.7 Å². The first-order chi connectivity index (χ1) is 12.9. The minimum atomic E-state index is -0.969. The number of carboxylic acids is 1. The molecule has 0 heterocycles. The Labute approximate surface area is 161 Å². The maximum Gasteiger partial charge on any atom is 0.329 e. The highest BCUT2D eigenvalue weighted by molar-refractivity contribution is 5.68. The second-order valence-corrected chi connectivity index (χ2v) is 7.55. The van der Waals surface area contributed by atoms with E-state index in [4.69, 9.17) is 9.84 Å². The fraction of sp³-hybridized carbons (Fsp3) is 0.682. The van der Waals surface area contributed by atoms with Gasteiger partial charge in [0.1, 0.15) is 12.7 Å². The van der Waals surface area contributed by atoms with E-state index in [1.807, 2.05) is 19.9 Å². The van der Waals surface area contributed by atoms with Gasteiger partial charge in [-0.1, -0.05) is 37.3 Å². The lowest BCUT2D eigenvalue weighted by atomic mass is 9.91. The summed E-state index contributed by atoms with van der Waals surface area (Å²) in [4.78, 5) is 10.5. The normalized spacial score (nSPS) is 30.0. The SMILES string of the molecule is CCC#CC[C@H](C)[C@H](O)C#CC1[C@H](O)C[C@@H]2C/C(=C/COCC(=O)O)C[C@H]12. The molecule has 2 saturated carbocycles. The number of carboxylic acid groups (broad SMARTS) is 1. The van der Waals surface area contributed by atoms with Gasteiger partial charge >= 0.3 is 5.97 Å². The molecule has 2 aliphatic carbocycles. The molecule has 27 heavy (non-hydrogen) atoms. The molecule has 0 bridgehead atoms. The molecule has 0 saturated heterocycles. The number of fused-ring (bicyclic) bond motifs is 1. The van der Waals surface area contributed by atoms with E-state index in [0.717, 1.165) is 25.7 Å². The van der Waals surface area contributed by atoms with Crippen molar-refractivity contribution in [3.63, 3.8) is 0 Å². The van der Waals surface area contributed by atoms with Crippen LogP contribution in [0.15, 0.2) is 11.6 Å². The predicted octanol–water partition coefficient (Wildman–Crippen LogP) is 2.22. The molecule has 0 aromatic carbocycles. The Morgan fingerprint density at radius 3 is 2.85 bits per heavy atom. The lowest BCUT2D eigenvalue weighted by Crippen LogP contribution is -2.19. The Bertz CT molecular complexity index is 660. The van der Waals surface area contributed by atoms with Crippen molar-refractivity contribution >= 4 is 5.97 Å². The molecule has 3 N–H and O–H groups in total. The smallest absolute Gasteiger partial charge is 0.329 e. The third kappa shape index (κ3) is 6.40. The van der Waals surface area contributed by atoms with E-state index in [-0.39, 0.29) is 18.4 Å². The average Bonchev–Trinajstić information content (AvgIpc) is 3.13. The summed E-state index contributed by atoms with van der Waals surface area (Å²) in [7, 11) is 0. The monoisotopic (exact) mass is 374 g/mol. The number of hydrogen-bond acceptors (Lipinski definition) is 4. The zero-order chi connectivity index (χ0) is 19.8. The van der Waals surface area contributed by atoms with Crippen molar-refractivity contribution in [3.05, 3.63) is 11.6 Å². The summed E-state index contributed by atoms with van der Waals surface area (Å²) in [6.07, 6.45) is 4.69. The molecule has 0 aromatic heterocycles. The van der Waals surface area contributed by atoms with Crippen LogP contribution in [0.25, 0.3) is 0 Å². The van der Waals surface area contributed by atoms with Gasteiger partial charge in [-0.2, -0.15) is 0 Å². The first-order valence-electron chi connectivity index (χ1n) is 9.72. The molecule has 0 radical (unpaired) electrons. The molecule has 2 aliphatic rings. The second kappa shape index (κ2) is 10.5. The number of allylic oxidation sites excluding steroid dienone is 1. The van der Waals surface area contributed by atoms with Gasteiger partial charge in [0, 0.05) is 24.7 Å². The van der Waals surface area contributed by atoms with Crippen LogP contribution in [0.1, 0.15) is 46.0 Å². The van der Waals surface area contributed by atoms with Gasteiger partial charge in [-0.25, -0.2) is 4.79 Å². The molecule has 0 aromatic rings. The Morgan fingerprint density at radius 2 is 2.15 bits per heavy atom. The van der Waals surface area contributed by atoms with E-state index < -0.39 is 18.2 Å². The third-order valence-corrected chi connectivity index (χ3v) is 5.43. The van der Waals surface area contributed by atoms with Gasteiger partial charge in [-0.3, -0.25) is 0 Å². The van der Waals surface area contributed by atoms with Gasteiger partial charge in [-0.05, 0) is 31.1 Å². The highest BCUT2D eigenvalue weighted by Crippen LogP contribution is 2.49. The van der Waals surface area contributed by atoms with E-state index in [0.29, 0.717) is 24.9 Å². The Balaban J connectivity index is 1.91. The van der Waals surface area contributed by atoms with Crippen molar-refractivity contribution in [1.82, 2.24) is 0 Å². The Hall–Kier alpha value is -1.79. The number of hydrogen-bond donors (Lipinski definition) is 3. The second-order valence-electron chi connectivity index (χ2n) is 7.55. The highest BCUT2D eigenvalue weighted by Gasteiger charge is 2.45. The standard InChI is InChI=1S/C22H30O5/c1-3-4-5-6-15(2)20(23)8-7-18-19-12-16(9-10-27-14-22(25)26)11-17(19)13-21(18)24/h9,15,17-21,23-24H,3,6,10-14H2,1-2H3,(H,25,26)/b16-9-/t15-,17-,18?,19-,20+,21+/m0/s1. The summed E-state index contributed by atoms with van der Waals surface area (Å²) in [5.74, 6) is 11.7. The number of rotatable bonds is 6. The molecule has 0 aliphatic heterocycles. The van der Waals surface area contributed by atoms with Crippen LogP contribution >= 0.6 is 0 Å². The van der Waals surface area contributed by atoms with E-state index in [1.165, 1.54) is 5.57 Å². The highest BCUT2D eigenvalue weighted by atomic mass is 16.5. The lowest BCUT2D eigenvalue weighted by Gasteiger charge is -2.16. The van der Waals surface area contributed by atoms with Gasteiger partial charge < -0.3 is 20.1 Å². The molecule has 0 spiro atoms. The van der Waals surface area contributed by atoms with E-state index in [1.54, 1.807) is 0 Å². The van der Waals surface area contributed by atoms with E-state index in [2.05, 4.69) is 23.7 Å². The summed E-state index contributed by atoms with van der Waals surface area (Å²) < 4.78 is 5.08. The number of aliphatic hydroxyl groups is 2. The van der Waals surface area contributed by atoms with Crippen LogP contribution in [-0.2, 0) is 9.53 Å². The van der Waals surface area contributed by atoms with Gasteiger partial charge in [0.05, 0.1) is 12.7 Å². The molecular weight excluding hydrogens is 344 g/mol. The minimum absolute atomic E-state index is 0.0173. The first-order valence-corrected chi connectivity index (χ1v) is 9.72. The molecular formula is C22H30O5. The molecule has 5 heteroatoms. The minimum Gasteiger partial charge on any atom is -0.480 e. The number of carbonyl (C=O) groups is 1. The Kier molecular flexibility index (Phi) is 8.38. The van der Waals surface area contributed by atoms with E-state index >= 15 is 0 Å². The van der Waals surface area contributed by atoms with Crippen LogP contribution in [0.2, 0.25) is 0 Å². The van der Waals surface area contributed by atoms with Gasteiger partial charge in [0.25, 0.3) is 0 Å². The third-order valence-electron chi connectivity index (χ3n) is 5.43. The van der Waals surface area contributed by atoms with Gasteiger partial charge in [0.2, 0.25) is 0 Å². The maximum absolute atomic E-state index is 10.5. The van der Waals surface area contributed by atoms with Gasteiger partial charge in [-0.15, -0.1) is 11.8 Å². The van der Waals surface area contributed by atoms with Crippen LogP contribution < -0.4 is 0 Å². The fourth-order valence-electron chi connectivity index (χ4n) is 3.95. The summed E-state index contributed by atoms with van der Waals surface area (Å²) in [6, 6.07) is 0. The Morgan fingerprint density at radius 1 is 1.37 bits per heavy atom. The molecule has 148 valence electrons. The van der Waals surface area contributed by atoms with Crippen molar-refractivity contribution in [3.8, 4) is 23.7 Å². The molecule has 2 rings (SSSR count). The number of aliphatic hydroxyl groups excluding tert-OH is 2. The van der Waals surface area contributed by atoms with Crippen LogP contribution in [0.4, 0.5) is 0 Å². The summed E-state index contributed by atoms with van der Waals surface area (Å²) in [5.41, 5.74) is 1.25. The van der Waals surface area contributed by atoms with Crippen molar-refractivity contribution in [2.75, 3.05) is 13.2 Å². The summed E-state index contributed by atoms with van der Waals surface area (Å²) in [6.45, 7) is 3.94. The van der Waals surface area contributed by atoms with E-state index in [9.17, 15) is 15.0 Å². The van der Waals surface area contributed by atoms with Crippen molar-refractivity contribution < 1.29 is 24.9 Å². The van der Waals surface area contributed by atoms with Crippen molar-refractivity contribution in [1.29, 1.82) is 0 Å². The lowest BCUT2D eigenvalue weighted by molar-refractivity contribution is -0.141. The zero-order valence-corrected chi connectivity index (χ0v) is 16.1. The predicted molar refractivity (Wildman–Crippen MR) is 102 cm³/mol. The number of ether oxygens (including phenoxy) is 1. The number of aliphatic carboxylic acids is 1. The van der Waals surface area contributed by atoms with Crippen LogP contribution in [0, 0.1) is 47.4 Å². The quantitative estimate of drug-likeness (QED) is 0.377. The van der Waals surface area contributed by atoms with Crippen molar-refractivity contribution in [2.45, 2.75) is 58.2 Å². The fourth-order valence-corrected chi connectivity index (χ4v) is 3.95. The molecule has 6 atom stereocenters. The van der Waals surface area contributed by atoms with Crippen molar-refractivity contribution in [2.24, 2.45) is 23.7 Å². The first kappa shape index (κ1) is 21.5. The molecule has 5 nitrogen and oxygen atoms in total. The van der Waals surface area contributed by atoms with Crippen LogP contribution in [0.5, 0.6) is 0 Å². The summed E-state index contributed by atoms with van der Waals surface area (Å²) in [5, 5.41) is 29.2.